The number of nitrogens with zero attached hydrogens (tertiary/aromatic N) is 3. The zero-order chi connectivity index (χ0) is 18.1. The lowest BCUT2D eigenvalue weighted by Gasteiger charge is -2.35. The molecule has 0 unspecified atom stereocenters. The first-order valence-electron chi connectivity index (χ1n) is 8.47. The fourth-order valence-corrected chi connectivity index (χ4v) is 3.98. The van der Waals surface area contributed by atoms with Gasteiger partial charge in [-0.3, -0.25) is 4.68 Å². The molecule has 136 valence electrons. The Bertz CT molecular complexity index is 816. The number of aliphatic hydroxyl groups is 1. The third-order valence-corrected chi connectivity index (χ3v) is 5.57. The van der Waals surface area contributed by atoms with Crippen molar-refractivity contribution in [1.29, 1.82) is 0 Å². The summed E-state index contributed by atoms with van der Waals surface area (Å²) in [5, 5.41) is 18.1. The third kappa shape index (κ3) is 2.26. The van der Waals surface area contributed by atoms with Gasteiger partial charge in [0, 0.05) is 5.56 Å². The molecule has 1 N–H and O–H groups in total. The van der Waals surface area contributed by atoms with Crippen molar-refractivity contribution in [2.45, 2.75) is 63.8 Å². The van der Waals surface area contributed by atoms with Crippen molar-refractivity contribution in [3.8, 4) is 11.3 Å². The van der Waals surface area contributed by atoms with E-state index in [2.05, 4.69) is 17.2 Å². The number of aromatic nitrogens is 3. The highest BCUT2D eigenvalue weighted by atomic mass is 19.4. The highest BCUT2D eigenvalue weighted by molar-refractivity contribution is 5.68. The van der Waals surface area contributed by atoms with E-state index in [9.17, 15) is 18.3 Å². The Labute approximate surface area is 142 Å². The van der Waals surface area contributed by atoms with E-state index in [1.54, 1.807) is 6.20 Å². The minimum Gasteiger partial charge on any atom is -0.375 e. The van der Waals surface area contributed by atoms with Crippen molar-refractivity contribution >= 4 is 0 Å². The molecule has 2 aliphatic carbocycles. The summed E-state index contributed by atoms with van der Waals surface area (Å²) in [6.45, 7) is 4.73. The summed E-state index contributed by atoms with van der Waals surface area (Å²) in [7, 11) is 0. The molecular weight excluding hydrogens is 335 g/mol. The lowest BCUT2D eigenvalue weighted by atomic mass is 9.80. The summed E-state index contributed by atoms with van der Waals surface area (Å²) >= 11 is 0. The largest absolute Gasteiger partial charge is 0.422 e. The van der Waals surface area contributed by atoms with Gasteiger partial charge in [-0.05, 0) is 38.0 Å². The van der Waals surface area contributed by atoms with Crippen molar-refractivity contribution in [1.82, 2.24) is 14.9 Å². The van der Waals surface area contributed by atoms with Gasteiger partial charge in [0.1, 0.15) is 5.69 Å². The SMILES string of the molecule is CC1CC(n2ncc3c2C[C@@H](C)c2c([C@](C)(O)C(F)(F)F)noc2-3)C1. The lowest BCUT2D eigenvalue weighted by Crippen LogP contribution is -2.40. The van der Waals surface area contributed by atoms with Crippen LogP contribution in [0.5, 0.6) is 0 Å². The van der Waals surface area contributed by atoms with Crippen molar-refractivity contribution in [2.75, 3.05) is 0 Å². The zero-order valence-electron chi connectivity index (χ0n) is 14.3. The van der Waals surface area contributed by atoms with E-state index in [0.29, 0.717) is 42.2 Å². The molecule has 5 nitrogen and oxygen atoms in total. The second kappa shape index (κ2) is 5.09. The van der Waals surface area contributed by atoms with E-state index in [-0.39, 0.29) is 5.92 Å². The van der Waals surface area contributed by atoms with Crippen molar-refractivity contribution in [3.63, 3.8) is 0 Å². The van der Waals surface area contributed by atoms with Gasteiger partial charge in [-0.15, -0.1) is 0 Å². The predicted molar refractivity (Wildman–Crippen MR) is 82.9 cm³/mol. The van der Waals surface area contributed by atoms with Crippen LogP contribution in [0.25, 0.3) is 11.3 Å². The molecule has 25 heavy (non-hydrogen) atoms. The molecule has 0 amide bonds. The minimum atomic E-state index is -4.83. The van der Waals surface area contributed by atoms with Crippen LogP contribution in [-0.4, -0.2) is 26.2 Å². The molecule has 2 atom stereocenters. The van der Waals surface area contributed by atoms with Crippen LogP contribution in [-0.2, 0) is 12.0 Å². The maximum Gasteiger partial charge on any atom is 0.422 e. The number of fused-ring (bicyclic) bond motifs is 3. The first-order chi connectivity index (χ1) is 11.6. The Hall–Kier alpha value is -1.83. The van der Waals surface area contributed by atoms with Crippen molar-refractivity contribution in [2.24, 2.45) is 5.92 Å². The van der Waals surface area contributed by atoms with Crippen LogP contribution in [0.15, 0.2) is 10.7 Å². The Morgan fingerprint density at radius 2 is 1.96 bits per heavy atom. The van der Waals surface area contributed by atoms with E-state index in [1.165, 1.54) is 0 Å². The van der Waals surface area contributed by atoms with Gasteiger partial charge in [0.15, 0.2) is 5.76 Å². The average molecular weight is 355 g/mol. The first-order valence-corrected chi connectivity index (χ1v) is 8.47. The zero-order valence-corrected chi connectivity index (χ0v) is 14.3. The molecule has 1 fully saturated rings. The van der Waals surface area contributed by atoms with Gasteiger partial charge in [0.2, 0.25) is 5.60 Å². The Kier molecular flexibility index (Phi) is 3.39. The first kappa shape index (κ1) is 16.6. The summed E-state index contributed by atoms with van der Waals surface area (Å²) in [5.74, 6) is 0.720. The molecule has 2 aromatic heterocycles. The van der Waals surface area contributed by atoms with Gasteiger partial charge in [0.05, 0.1) is 23.5 Å². The molecule has 0 aliphatic heterocycles. The molecule has 2 aromatic rings. The molecule has 2 aliphatic rings. The van der Waals surface area contributed by atoms with E-state index >= 15 is 0 Å². The van der Waals surface area contributed by atoms with E-state index < -0.39 is 17.5 Å². The van der Waals surface area contributed by atoms with Gasteiger partial charge in [-0.2, -0.15) is 18.3 Å². The lowest BCUT2D eigenvalue weighted by molar-refractivity contribution is -0.261. The summed E-state index contributed by atoms with van der Waals surface area (Å²) in [5.41, 5.74) is -1.50. The molecule has 0 bridgehead atoms. The second-order valence-corrected chi connectivity index (χ2v) is 7.63. The molecule has 2 heterocycles. The fourth-order valence-electron chi connectivity index (χ4n) is 3.98. The summed E-state index contributed by atoms with van der Waals surface area (Å²) < 4.78 is 47.0. The van der Waals surface area contributed by atoms with Gasteiger partial charge < -0.3 is 9.63 Å². The fraction of sp³-hybridized carbons (Fsp3) is 0.647. The summed E-state index contributed by atoms with van der Waals surface area (Å²) in [4.78, 5) is 0. The highest BCUT2D eigenvalue weighted by Gasteiger charge is 2.55. The normalized spacial score (nSPS) is 28.0. The number of rotatable bonds is 2. The van der Waals surface area contributed by atoms with Crippen LogP contribution < -0.4 is 0 Å². The number of hydrogen-bond acceptors (Lipinski definition) is 4. The third-order valence-electron chi connectivity index (χ3n) is 5.57. The highest BCUT2D eigenvalue weighted by Crippen LogP contribution is 2.49. The number of halogens is 3. The van der Waals surface area contributed by atoms with E-state index in [1.807, 2.05) is 11.6 Å². The maximum absolute atomic E-state index is 13.2. The van der Waals surface area contributed by atoms with Gasteiger partial charge in [0.25, 0.3) is 0 Å². The van der Waals surface area contributed by atoms with Crippen molar-refractivity contribution in [3.05, 3.63) is 23.1 Å². The van der Waals surface area contributed by atoms with Gasteiger partial charge in [-0.1, -0.05) is 19.0 Å². The molecule has 0 aromatic carbocycles. The number of hydrogen-bond donors (Lipinski definition) is 1. The van der Waals surface area contributed by atoms with Crippen LogP contribution in [0, 0.1) is 5.92 Å². The second-order valence-electron chi connectivity index (χ2n) is 7.63. The molecule has 1 saturated carbocycles. The molecule has 0 spiro atoms. The van der Waals surface area contributed by atoms with Crippen LogP contribution >= 0.6 is 0 Å². The Morgan fingerprint density at radius 3 is 2.56 bits per heavy atom. The average Bonchev–Trinajstić information content (AvgIpc) is 3.06. The van der Waals surface area contributed by atoms with Crippen molar-refractivity contribution < 1.29 is 22.8 Å². The van der Waals surface area contributed by atoms with Gasteiger partial charge in [-0.25, -0.2) is 0 Å². The quantitative estimate of drug-likeness (QED) is 0.886. The standard InChI is InChI=1S/C17H20F3N3O2/c1-8-4-10(5-8)23-12-6-9(2)13-14(11(12)7-21-23)25-22-15(13)16(3,24)17(18,19)20/h7-10,24H,4-6H2,1-3H3/t8?,9-,10?,16+/m1/s1. The molecule has 0 saturated heterocycles. The topological polar surface area (TPSA) is 64.1 Å². The Morgan fingerprint density at radius 1 is 1.28 bits per heavy atom. The molecule has 4 rings (SSSR count). The molecular formula is C17H20F3N3O2. The monoisotopic (exact) mass is 355 g/mol. The summed E-state index contributed by atoms with van der Waals surface area (Å²) in [6.07, 6.45) is -0.529. The maximum atomic E-state index is 13.2. The summed E-state index contributed by atoms with van der Waals surface area (Å²) in [6, 6.07) is 0.341. The van der Waals surface area contributed by atoms with Crippen LogP contribution in [0.4, 0.5) is 13.2 Å². The smallest absolute Gasteiger partial charge is 0.375 e. The minimum absolute atomic E-state index is 0.245. The number of alkyl halides is 3. The van der Waals surface area contributed by atoms with E-state index in [0.717, 1.165) is 18.5 Å². The van der Waals surface area contributed by atoms with Gasteiger partial charge >= 0.3 is 6.18 Å². The van der Waals surface area contributed by atoms with Crippen LogP contribution in [0.2, 0.25) is 0 Å². The molecule has 0 radical (unpaired) electrons. The predicted octanol–water partition coefficient (Wildman–Crippen LogP) is 3.94. The van der Waals surface area contributed by atoms with E-state index in [4.69, 9.17) is 4.52 Å². The Balaban J connectivity index is 1.80. The molecule has 8 heteroatoms. The van der Waals surface area contributed by atoms with Crippen LogP contribution in [0.3, 0.4) is 0 Å². The van der Waals surface area contributed by atoms with Crippen LogP contribution in [0.1, 0.15) is 62.5 Å².